The Labute approximate surface area is 177 Å². The van der Waals surface area contributed by atoms with Crippen LogP contribution < -0.4 is 5.32 Å². The fourth-order valence-electron chi connectivity index (χ4n) is 3.14. The van der Waals surface area contributed by atoms with Crippen LogP contribution in [0.2, 0.25) is 0 Å². The molecule has 0 atom stereocenters. The van der Waals surface area contributed by atoms with E-state index in [2.05, 4.69) is 12.2 Å². The van der Waals surface area contributed by atoms with E-state index in [-0.39, 0.29) is 5.91 Å². The first-order valence-electron chi connectivity index (χ1n) is 9.08. The Morgan fingerprint density at radius 3 is 2.52 bits per heavy atom. The summed E-state index contributed by atoms with van der Waals surface area (Å²) in [5.41, 5.74) is 1.68. The van der Waals surface area contributed by atoms with E-state index in [1.807, 2.05) is 12.1 Å². The van der Waals surface area contributed by atoms with Gasteiger partial charge in [-0.05, 0) is 42.0 Å². The summed E-state index contributed by atoms with van der Waals surface area (Å²) >= 11 is 2.98. The lowest BCUT2D eigenvalue weighted by atomic mass is 10.0. The minimum absolute atomic E-state index is 0.299. The normalized spacial score (nSPS) is 12.9. The molecule has 1 N–H and O–H groups in total. The maximum Gasteiger partial charge on any atom is 0.409 e. The third kappa shape index (κ3) is 4.56. The van der Waals surface area contributed by atoms with Gasteiger partial charge >= 0.3 is 12.1 Å². The van der Waals surface area contributed by atoms with Crippen molar-refractivity contribution >= 4 is 46.1 Å². The van der Waals surface area contributed by atoms with Crippen molar-refractivity contribution in [2.24, 2.45) is 0 Å². The van der Waals surface area contributed by atoms with Crippen molar-refractivity contribution in [1.82, 2.24) is 4.90 Å². The minimum atomic E-state index is -0.501. The van der Waals surface area contributed by atoms with E-state index >= 15 is 0 Å². The van der Waals surface area contributed by atoms with Gasteiger partial charge in [0.25, 0.3) is 5.91 Å². The molecule has 2 aromatic rings. The largest absolute Gasteiger partial charge is 0.465 e. The fraction of sp³-hybridized carbons (Fsp3) is 0.350. The van der Waals surface area contributed by atoms with Gasteiger partial charge in [0.1, 0.15) is 5.00 Å². The van der Waals surface area contributed by atoms with E-state index in [0.29, 0.717) is 35.6 Å². The number of hydrogen-bond acceptors (Lipinski definition) is 7. The van der Waals surface area contributed by atoms with Gasteiger partial charge in [-0.2, -0.15) is 0 Å². The summed E-state index contributed by atoms with van der Waals surface area (Å²) in [6.45, 7) is 2.83. The highest BCUT2D eigenvalue weighted by atomic mass is 32.2. The second kappa shape index (κ2) is 9.32. The Morgan fingerprint density at radius 2 is 1.90 bits per heavy atom. The number of nitrogens with one attached hydrogen (secondary N) is 1. The van der Waals surface area contributed by atoms with Crippen molar-refractivity contribution in [1.29, 1.82) is 0 Å². The first-order valence-corrected chi connectivity index (χ1v) is 10.9. The Morgan fingerprint density at radius 1 is 1.17 bits per heavy atom. The number of benzene rings is 1. The van der Waals surface area contributed by atoms with Gasteiger partial charge in [0.05, 0.1) is 26.3 Å². The molecule has 3 rings (SSSR count). The van der Waals surface area contributed by atoms with Crippen molar-refractivity contribution in [3.63, 3.8) is 0 Å². The molecule has 0 fully saturated rings. The van der Waals surface area contributed by atoms with Gasteiger partial charge in [0.2, 0.25) is 0 Å². The van der Waals surface area contributed by atoms with E-state index in [0.717, 1.165) is 21.1 Å². The molecule has 7 nitrogen and oxygen atoms in total. The molecule has 0 aliphatic carbocycles. The molecule has 9 heteroatoms. The van der Waals surface area contributed by atoms with Crippen LogP contribution in [0.15, 0.2) is 29.2 Å². The first kappa shape index (κ1) is 21.2. The number of methoxy groups -OCH3 is 2. The summed E-state index contributed by atoms with van der Waals surface area (Å²) in [6.07, 6.45) is 0.0729. The van der Waals surface area contributed by atoms with Crippen LogP contribution in [0, 0.1) is 0 Å². The average Bonchev–Trinajstić information content (AvgIpc) is 3.10. The van der Waals surface area contributed by atoms with Crippen LogP contribution in [0.3, 0.4) is 0 Å². The number of hydrogen-bond donors (Lipinski definition) is 1. The molecule has 29 heavy (non-hydrogen) atoms. The highest BCUT2D eigenvalue weighted by Gasteiger charge is 2.31. The van der Waals surface area contributed by atoms with Gasteiger partial charge in [-0.15, -0.1) is 23.1 Å². The number of carbonyl (C=O) groups is 3. The lowest BCUT2D eigenvalue weighted by molar-refractivity contribution is 0.0600. The van der Waals surface area contributed by atoms with Crippen molar-refractivity contribution in [3.8, 4) is 0 Å². The summed E-state index contributed by atoms with van der Waals surface area (Å²) in [7, 11) is 2.65. The molecule has 0 bridgehead atoms. The predicted octanol–water partition coefficient (Wildman–Crippen LogP) is 4.02. The number of amides is 2. The van der Waals surface area contributed by atoms with Gasteiger partial charge in [0, 0.05) is 21.9 Å². The van der Waals surface area contributed by atoms with Gasteiger partial charge in [-0.25, -0.2) is 9.59 Å². The molecular weight excluding hydrogens is 412 g/mol. The molecule has 1 aromatic carbocycles. The van der Waals surface area contributed by atoms with Crippen molar-refractivity contribution in [2.75, 3.05) is 31.8 Å². The zero-order chi connectivity index (χ0) is 21.0. The van der Waals surface area contributed by atoms with Gasteiger partial charge < -0.3 is 19.7 Å². The molecule has 1 aromatic heterocycles. The molecule has 2 amide bonds. The fourth-order valence-corrected chi connectivity index (χ4v) is 5.05. The Kier molecular flexibility index (Phi) is 6.81. The first-order chi connectivity index (χ1) is 14.0. The van der Waals surface area contributed by atoms with E-state index in [1.165, 1.54) is 25.6 Å². The number of carbonyl (C=O) groups excluding carboxylic acids is 3. The van der Waals surface area contributed by atoms with Crippen LogP contribution in [0.4, 0.5) is 9.80 Å². The molecule has 1 aliphatic heterocycles. The van der Waals surface area contributed by atoms with Gasteiger partial charge in [0.15, 0.2) is 0 Å². The monoisotopic (exact) mass is 434 g/mol. The second-order valence-electron chi connectivity index (χ2n) is 6.25. The zero-order valence-corrected chi connectivity index (χ0v) is 18.1. The van der Waals surface area contributed by atoms with Gasteiger partial charge in [-0.1, -0.05) is 6.92 Å². The molecule has 0 radical (unpaired) electrons. The van der Waals surface area contributed by atoms with Crippen LogP contribution in [-0.2, 0) is 22.4 Å². The smallest absolute Gasteiger partial charge is 0.409 e. The third-order valence-electron chi connectivity index (χ3n) is 4.53. The van der Waals surface area contributed by atoms with Crippen molar-refractivity contribution in [3.05, 3.63) is 45.8 Å². The lowest BCUT2D eigenvalue weighted by Gasteiger charge is -2.25. The lowest BCUT2D eigenvalue weighted by Crippen LogP contribution is -2.35. The van der Waals surface area contributed by atoms with Crippen LogP contribution in [0.1, 0.15) is 38.1 Å². The predicted molar refractivity (Wildman–Crippen MR) is 113 cm³/mol. The molecule has 2 heterocycles. The van der Waals surface area contributed by atoms with E-state index in [1.54, 1.807) is 28.8 Å². The highest BCUT2D eigenvalue weighted by molar-refractivity contribution is 7.99. The topological polar surface area (TPSA) is 84.9 Å². The number of ether oxygens (including phenoxy) is 2. The van der Waals surface area contributed by atoms with Gasteiger partial charge in [-0.3, -0.25) is 4.79 Å². The maximum absolute atomic E-state index is 12.7. The third-order valence-corrected chi connectivity index (χ3v) is 6.56. The van der Waals surface area contributed by atoms with E-state index in [9.17, 15) is 14.4 Å². The molecule has 0 saturated carbocycles. The minimum Gasteiger partial charge on any atom is -0.465 e. The Balaban J connectivity index is 1.86. The second-order valence-corrected chi connectivity index (χ2v) is 8.70. The van der Waals surface area contributed by atoms with Crippen LogP contribution in [-0.4, -0.2) is 49.4 Å². The van der Waals surface area contributed by atoms with Crippen LogP contribution in [0.5, 0.6) is 0 Å². The molecule has 0 saturated heterocycles. The SMILES string of the molecule is CCSc1ccc(C(=O)Nc2sc3c(c2C(=O)OC)CCN(C(=O)OC)C3)cc1. The standard InChI is InChI=1S/C20H22N2O5S2/c1-4-28-13-7-5-12(6-8-13)17(23)21-18-16(19(24)26-2)14-9-10-22(20(25)27-3)11-15(14)29-18/h5-8H,4,9-11H2,1-3H3,(H,21,23). The highest BCUT2D eigenvalue weighted by Crippen LogP contribution is 2.38. The Hall–Kier alpha value is -2.52. The van der Waals surface area contributed by atoms with Crippen molar-refractivity contribution in [2.45, 2.75) is 24.8 Å². The molecule has 0 spiro atoms. The molecule has 1 aliphatic rings. The van der Waals surface area contributed by atoms with Crippen LogP contribution in [0.25, 0.3) is 0 Å². The number of rotatable bonds is 5. The number of thioether (sulfide) groups is 1. The number of nitrogens with zero attached hydrogens (tertiary/aromatic N) is 1. The number of thiophene rings is 1. The van der Waals surface area contributed by atoms with E-state index in [4.69, 9.17) is 9.47 Å². The van der Waals surface area contributed by atoms with Crippen LogP contribution >= 0.6 is 23.1 Å². The zero-order valence-electron chi connectivity index (χ0n) is 16.4. The number of anilines is 1. The average molecular weight is 435 g/mol. The summed E-state index contributed by atoms with van der Waals surface area (Å²) in [5.74, 6) is 0.155. The van der Waals surface area contributed by atoms with E-state index < -0.39 is 12.1 Å². The molecular formula is C20H22N2O5S2. The quantitative estimate of drug-likeness (QED) is 0.565. The maximum atomic E-state index is 12.7. The number of fused-ring (bicyclic) bond motifs is 1. The summed E-state index contributed by atoms with van der Waals surface area (Å²) in [5, 5.41) is 3.28. The summed E-state index contributed by atoms with van der Waals surface area (Å²) in [6, 6.07) is 7.32. The Bertz CT molecular complexity index is 924. The van der Waals surface area contributed by atoms with Crippen molar-refractivity contribution < 1.29 is 23.9 Å². The summed E-state index contributed by atoms with van der Waals surface area (Å²) in [4.78, 5) is 40.5. The molecule has 0 unspecified atom stereocenters. The number of esters is 1. The molecule has 154 valence electrons. The summed E-state index contributed by atoms with van der Waals surface area (Å²) < 4.78 is 9.72.